The van der Waals surface area contributed by atoms with Gasteiger partial charge in [0.1, 0.15) is 18.1 Å². The molecule has 0 N–H and O–H groups in total. The fourth-order valence-corrected chi connectivity index (χ4v) is 6.85. The smallest absolute Gasteiger partial charge is 0.496 e. The van der Waals surface area contributed by atoms with Crippen LogP contribution in [0.2, 0.25) is 0 Å². The van der Waals surface area contributed by atoms with Crippen LogP contribution in [0.1, 0.15) is 26.7 Å². The molecular formula is C23H24N3O8S+. The first-order chi connectivity index (χ1) is 16.6. The molecule has 2 aliphatic heterocycles. The molecule has 2 unspecified atom stereocenters. The molecule has 4 amide bonds. The summed E-state index contributed by atoms with van der Waals surface area (Å²) in [4.78, 5) is 52.8. The number of rotatable bonds is 6. The van der Waals surface area contributed by atoms with Gasteiger partial charge < -0.3 is 9.47 Å². The second-order valence-corrected chi connectivity index (χ2v) is 10.1. The van der Waals surface area contributed by atoms with Gasteiger partial charge in [0.2, 0.25) is 15.7 Å². The fourth-order valence-electron chi connectivity index (χ4n) is 4.53. The van der Waals surface area contributed by atoms with E-state index < -0.39 is 50.8 Å². The van der Waals surface area contributed by atoms with Crippen LogP contribution >= 0.6 is 0 Å². The Morgan fingerprint density at radius 1 is 1.06 bits per heavy atom. The van der Waals surface area contributed by atoms with Gasteiger partial charge in [0.25, 0.3) is 6.23 Å². The van der Waals surface area contributed by atoms with Crippen LogP contribution in [0.3, 0.4) is 0 Å². The van der Waals surface area contributed by atoms with Gasteiger partial charge in [-0.15, -0.1) is 0 Å². The molecule has 2 fully saturated rings. The van der Waals surface area contributed by atoms with Crippen LogP contribution in [0.15, 0.2) is 59.8 Å². The second kappa shape index (κ2) is 8.77. The molecule has 184 valence electrons. The van der Waals surface area contributed by atoms with Crippen molar-refractivity contribution < 1.29 is 41.6 Å². The summed E-state index contributed by atoms with van der Waals surface area (Å²) in [5.41, 5.74) is -1.30. The molecule has 3 heterocycles. The minimum atomic E-state index is -4.15. The highest BCUT2D eigenvalue weighted by Crippen LogP contribution is 2.51. The quantitative estimate of drug-likeness (QED) is 0.431. The van der Waals surface area contributed by atoms with Crippen LogP contribution in [0.5, 0.6) is 5.75 Å². The SMILES string of the molecule is CCC1(CC)C(=O)N(C2OC(=O)N(C(=O)[n+]3ccc(OC)cc3)C2=O)C1S(=O)(=O)c1ccccc1. The average molecular weight is 503 g/mol. The molecule has 1 aromatic carbocycles. The average Bonchev–Trinajstić information content (AvgIpc) is 3.16. The fraction of sp³-hybridized carbons (Fsp3) is 0.348. The maximum Gasteiger partial charge on any atom is 0.520 e. The van der Waals surface area contributed by atoms with E-state index in [1.54, 1.807) is 32.0 Å². The number of β-lactam (4-membered cyclic amide) rings is 1. The molecule has 12 heteroatoms. The summed E-state index contributed by atoms with van der Waals surface area (Å²) in [5.74, 6) is -1.34. The van der Waals surface area contributed by atoms with Crippen LogP contribution in [-0.4, -0.2) is 60.9 Å². The number of likely N-dealkylation sites (tertiary alicyclic amines) is 1. The molecule has 1 aromatic heterocycles. The van der Waals surface area contributed by atoms with Crippen molar-refractivity contribution in [2.45, 2.75) is 43.2 Å². The molecular weight excluding hydrogens is 478 g/mol. The van der Waals surface area contributed by atoms with Crippen molar-refractivity contribution in [2.24, 2.45) is 5.41 Å². The summed E-state index contributed by atoms with van der Waals surface area (Å²) in [5, 5.41) is -1.45. The van der Waals surface area contributed by atoms with E-state index in [0.29, 0.717) is 5.75 Å². The highest BCUT2D eigenvalue weighted by atomic mass is 32.2. The molecule has 0 saturated carbocycles. The van der Waals surface area contributed by atoms with Crippen molar-refractivity contribution >= 4 is 33.8 Å². The number of amides is 4. The number of ether oxygens (including phenoxy) is 2. The van der Waals surface area contributed by atoms with Crippen LogP contribution in [0.4, 0.5) is 9.59 Å². The summed E-state index contributed by atoms with van der Waals surface area (Å²) in [6.45, 7) is 3.37. The number of imide groups is 3. The lowest BCUT2D eigenvalue weighted by Gasteiger charge is -2.55. The van der Waals surface area contributed by atoms with Gasteiger partial charge in [-0.2, -0.15) is 14.2 Å². The first kappa shape index (κ1) is 24.3. The van der Waals surface area contributed by atoms with E-state index in [9.17, 15) is 27.6 Å². The third-order valence-electron chi connectivity index (χ3n) is 6.54. The van der Waals surface area contributed by atoms with Gasteiger partial charge in [-0.05, 0) is 29.9 Å². The number of hydrogen-bond acceptors (Lipinski definition) is 8. The Hall–Kier alpha value is -3.80. The topological polar surface area (TPSA) is 131 Å². The molecule has 2 aromatic rings. The lowest BCUT2D eigenvalue weighted by atomic mass is 9.73. The number of cyclic esters (lactones) is 1. The van der Waals surface area contributed by atoms with Crippen molar-refractivity contribution in [3.63, 3.8) is 0 Å². The molecule has 2 atom stereocenters. The van der Waals surface area contributed by atoms with Gasteiger partial charge in [0, 0.05) is 12.1 Å². The summed E-state index contributed by atoms with van der Waals surface area (Å²) < 4.78 is 38.3. The van der Waals surface area contributed by atoms with Gasteiger partial charge in [0.15, 0.2) is 5.37 Å². The number of carbonyl (C=O) groups excluding carboxylic acids is 4. The molecule has 11 nitrogen and oxygen atoms in total. The maximum atomic E-state index is 13.6. The lowest BCUT2D eigenvalue weighted by molar-refractivity contribution is -0.575. The zero-order valence-electron chi connectivity index (χ0n) is 19.3. The number of sulfone groups is 1. The van der Waals surface area contributed by atoms with Crippen molar-refractivity contribution in [1.29, 1.82) is 0 Å². The Morgan fingerprint density at radius 3 is 2.20 bits per heavy atom. The molecule has 0 spiro atoms. The van der Waals surface area contributed by atoms with E-state index >= 15 is 0 Å². The monoisotopic (exact) mass is 502 g/mol. The van der Waals surface area contributed by atoms with Gasteiger partial charge in [-0.3, -0.25) is 9.69 Å². The minimum absolute atomic E-state index is 0.0349. The molecule has 0 bridgehead atoms. The number of methoxy groups -OCH3 is 1. The summed E-state index contributed by atoms with van der Waals surface area (Å²) in [7, 11) is -2.72. The number of nitrogens with zero attached hydrogens (tertiary/aromatic N) is 3. The van der Waals surface area contributed by atoms with Crippen LogP contribution < -0.4 is 9.30 Å². The van der Waals surface area contributed by atoms with Crippen molar-refractivity contribution in [1.82, 2.24) is 9.80 Å². The predicted octanol–water partition coefficient (Wildman–Crippen LogP) is 1.70. The third kappa shape index (κ3) is 3.55. The maximum absolute atomic E-state index is 13.6. The molecule has 2 saturated heterocycles. The molecule has 2 aliphatic rings. The Labute approximate surface area is 201 Å². The number of hydrogen-bond donors (Lipinski definition) is 0. The van der Waals surface area contributed by atoms with E-state index in [0.717, 1.165) is 9.47 Å². The Balaban J connectivity index is 1.70. The van der Waals surface area contributed by atoms with Gasteiger partial charge in [-0.25, -0.2) is 13.2 Å². The molecule has 35 heavy (non-hydrogen) atoms. The number of pyridine rings is 1. The third-order valence-corrected chi connectivity index (χ3v) is 8.73. The van der Waals surface area contributed by atoms with Crippen molar-refractivity contribution in [2.75, 3.05) is 7.11 Å². The molecule has 0 aliphatic carbocycles. The summed E-state index contributed by atoms with van der Waals surface area (Å²) in [6, 6.07) is 9.38. The lowest BCUT2D eigenvalue weighted by Crippen LogP contribution is -2.74. The standard InChI is InChI=1S/C23H24N3O8S/c1-4-23(5-2)19(28)26(20(23)35(31,32)16-9-7-6-8-10-16)18-17(27)25(22(30)34-18)21(29)24-13-11-15(33-3)12-14-24/h6-14,18,20H,4-5H2,1-3H3/q+1. The van der Waals surface area contributed by atoms with E-state index in [1.807, 2.05) is 0 Å². The largest absolute Gasteiger partial charge is 0.520 e. The second-order valence-electron chi connectivity index (χ2n) is 8.12. The Bertz CT molecular complexity index is 1290. The predicted molar refractivity (Wildman–Crippen MR) is 118 cm³/mol. The zero-order chi connectivity index (χ0) is 25.5. The molecule has 0 radical (unpaired) electrons. The van der Waals surface area contributed by atoms with E-state index in [2.05, 4.69) is 0 Å². The normalized spacial score (nSPS) is 21.5. The molecule has 4 rings (SSSR count). The Morgan fingerprint density at radius 2 is 1.66 bits per heavy atom. The van der Waals surface area contributed by atoms with Crippen LogP contribution in [0, 0.1) is 5.41 Å². The highest BCUT2D eigenvalue weighted by molar-refractivity contribution is 7.92. The van der Waals surface area contributed by atoms with E-state index in [4.69, 9.17) is 9.47 Å². The van der Waals surface area contributed by atoms with Gasteiger partial charge >= 0.3 is 18.0 Å². The van der Waals surface area contributed by atoms with E-state index in [-0.39, 0.29) is 22.6 Å². The van der Waals surface area contributed by atoms with Gasteiger partial charge in [0.05, 0.1) is 17.4 Å². The van der Waals surface area contributed by atoms with Gasteiger partial charge in [-0.1, -0.05) is 32.0 Å². The highest BCUT2D eigenvalue weighted by Gasteiger charge is 2.70. The summed E-state index contributed by atoms with van der Waals surface area (Å²) >= 11 is 0. The Kier molecular flexibility index (Phi) is 6.09. The first-order valence-corrected chi connectivity index (χ1v) is 12.4. The van der Waals surface area contributed by atoms with Crippen molar-refractivity contribution in [3.8, 4) is 5.75 Å². The van der Waals surface area contributed by atoms with Crippen molar-refractivity contribution in [3.05, 3.63) is 54.9 Å². The van der Waals surface area contributed by atoms with E-state index in [1.165, 1.54) is 43.8 Å². The minimum Gasteiger partial charge on any atom is -0.496 e. The number of benzene rings is 1. The first-order valence-electron chi connectivity index (χ1n) is 10.9. The number of carbonyl (C=O) groups is 4. The zero-order valence-corrected chi connectivity index (χ0v) is 20.1. The van der Waals surface area contributed by atoms with Crippen LogP contribution in [0.25, 0.3) is 0 Å². The number of aromatic nitrogens is 1. The van der Waals surface area contributed by atoms with Crippen LogP contribution in [-0.2, 0) is 24.2 Å². The summed E-state index contributed by atoms with van der Waals surface area (Å²) in [6.07, 6.45) is -0.240.